The molecule has 0 aromatic heterocycles. The fourth-order valence-corrected chi connectivity index (χ4v) is 5.91. The molecule has 0 radical (unpaired) electrons. The van der Waals surface area contributed by atoms with Crippen LogP contribution in [-0.2, 0) is 4.79 Å². The zero-order chi connectivity index (χ0) is 22.7. The number of para-hydroxylation sites is 1. The monoisotopic (exact) mass is 578 g/mol. The number of nitrogens with one attached hydrogen (secondary N) is 1. The average Bonchev–Trinajstić information content (AvgIpc) is 2.77. The second kappa shape index (κ2) is 10.4. The van der Waals surface area contributed by atoms with Gasteiger partial charge >= 0.3 is 0 Å². The van der Waals surface area contributed by atoms with Crippen molar-refractivity contribution in [2.75, 3.05) is 12.4 Å². The molecule has 32 heavy (non-hydrogen) atoms. The SMILES string of the molecule is CCCCCSC1=NN2C(=c3ccccc3=N[C@H]2c2cc(Br)cc(Br)c2OCC)C(=O)N1. The molecular weight excluding hydrogens is 556 g/mol. The molecule has 2 aliphatic heterocycles. The quantitative estimate of drug-likeness (QED) is 0.484. The van der Waals surface area contributed by atoms with E-state index in [2.05, 4.69) is 44.1 Å². The summed E-state index contributed by atoms with van der Waals surface area (Å²) in [5, 5.41) is 11.7. The maximum absolute atomic E-state index is 13.2. The van der Waals surface area contributed by atoms with Gasteiger partial charge in [0.1, 0.15) is 11.4 Å². The largest absolute Gasteiger partial charge is 0.492 e. The van der Waals surface area contributed by atoms with Crippen molar-refractivity contribution in [2.24, 2.45) is 10.1 Å². The van der Waals surface area contributed by atoms with Crippen molar-refractivity contribution >= 4 is 60.4 Å². The Morgan fingerprint density at radius 1 is 1.19 bits per heavy atom. The maximum Gasteiger partial charge on any atom is 0.276 e. The van der Waals surface area contributed by atoms with Gasteiger partial charge in [0.15, 0.2) is 11.3 Å². The van der Waals surface area contributed by atoms with Gasteiger partial charge in [0.25, 0.3) is 5.91 Å². The number of benzene rings is 2. The minimum absolute atomic E-state index is 0.169. The zero-order valence-electron chi connectivity index (χ0n) is 17.9. The van der Waals surface area contributed by atoms with E-state index < -0.39 is 6.17 Å². The van der Waals surface area contributed by atoms with Crippen LogP contribution in [0.1, 0.15) is 44.8 Å². The number of hydrazone groups is 1. The van der Waals surface area contributed by atoms with Crippen molar-refractivity contribution in [3.8, 4) is 5.75 Å². The molecule has 1 amide bonds. The Bertz CT molecular complexity index is 1190. The molecule has 2 aliphatic rings. The normalized spacial score (nSPS) is 17.2. The van der Waals surface area contributed by atoms with Gasteiger partial charge < -0.3 is 4.74 Å². The Balaban J connectivity index is 1.85. The number of halogens is 2. The van der Waals surface area contributed by atoms with Crippen LogP contribution in [0.5, 0.6) is 5.75 Å². The lowest BCUT2D eigenvalue weighted by Crippen LogP contribution is -2.50. The van der Waals surface area contributed by atoms with Crippen molar-refractivity contribution in [1.82, 2.24) is 10.3 Å². The summed E-state index contributed by atoms with van der Waals surface area (Å²) in [6.45, 7) is 4.63. The molecule has 2 aromatic carbocycles. The standard InChI is InChI=1S/C23H24Br2N4O2S/c1-3-5-8-11-32-23-27-22(30)19-15-9-6-7-10-18(15)26-21(29(19)28-23)16-12-14(24)13-17(25)20(16)31-4-2/h6-7,9-10,12-13,21H,3-5,8,11H2,1-2H3,(H,27,28,30)/t21-/m1/s1. The Morgan fingerprint density at radius 2 is 2.00 bits per heavy atom. The predicted molar refractivity (Wildman–Crippen MR) is 136 cm³/mol. The zero-order valence-corrected chi connectivity index (χ0v) is 21.9. The summed E-state index contributed by atoms with van der Waals surface area (Å²) >= 11 is 8.77. The van der Waals surface area contributed by atoms with Gasteiger partial charge in [-0.15, -0.1) is 5.10 Å². The number of carbonyl (C=O) groups excluding carboxylic acids is 1. The van der Waals surface area contributed by atoms with Crippen molar-refractivity contribution < 1.29 is 9.53 Å². The first kappa shape index (κ1) is 23.3. The van der Waals surface area contributed by atoms with E-state index in [-0.39, 0.29) is 5.91 Å². The highest BCUT2D eigenvalue weighted by Gasteiger charge is 2.36. The lowest BCUT2D eigenvalue weighted by Gasteiger charge is -2.34. The minimum Gasteiger partial charge on any atom is -0.492 e. The molecule has 0 saturated carbocycles. The van der Waals surface area contributed by atoms with E-state index in [1.165, 1.54) is 0 Å². The van der Waals surface area contributed by atoms with E-state index in [0.717, 1.165) is 50.1 Å². The second-order valence-electron chi connectivity index (χ2n) is 7.37. The summed E-state index contributed by atoms with van der Waals surface area (Å²) in [6.07, 6.45) is 2.85. The van der Waals surface area contributed by atoms with Crippen molar-refractivity contribution in [1.29, 1.82) is 0 Å². The number of unbranched alkanes of at least 4 members (excludes halogenated alkanes) is 2. The van der Waals surface area contributed by atoms with E-state index in [4.69, 9.17) is 14.8 Å². The molecule has 0 unspecified atom stereocenters. The number of hydrogen-bond donors (Lipinski definition) is 1. The third-order valence-electron chi connectivity index (χ3n) is 5.11. The van der Waals surface area contributed by atoms with E-state index in [1.807, 2.05) is 43.3 Å². The van der Waals surface area contributed by atoms with Gasteiger partial charge in [0.2, 0.25) is 0 Å². The van der Waals surface area contributed by atoms with Gasteiger partial charge in [-0.05, 0) is 47.5 Å². The number of thioether (sulfide) groups is 1. The molecule has 0 fully saturated rings. The van der Waals surface area contributed by atoms with Crippen LogP contribution in [0.3, 0.4) is 0 Å². The first-order chi connectivity index (χ1) is 15.5. The minimum atomic E-state index is -0.535. The molecule has 2 heterocycles. The molecule has 1 atom stereocenters. The summed E-state index contributed by atoms with van der Waals surface area (Å²) in [6, 6.07) is 11.6. The highest BCUT2D eigenvalue weighted by atomic mass is 79.9. The molecule has 0 spiro atoms. The Hall–Kier alpha value is -1.84. The third-order valence-corrected chi connectivity index (χ3v) is 7.10. The Labute approximate surface area is 208 Å². The third kappa shape index (κ3) is 4.75. The number of ether oxygens (including phenoxy) is 1. The van der Waals surface area contributed by atoms with Crippen molar-refractivity contribution in [3.05, 3.63) is 61.5 Å². The summed E-state index contributed by atoms with van der Waals surface area (Å²) in [4.78, 5) is 18.2. The highest BCUT2D eigenvalue weighted by molar-refractivity contribution is 9.11. The fourth-order valence-electron chi connectivity index (χ4n) is 3.68. The van der Waals surface area contributed by atoms with E-state index >= 15 is 0 Å². The second-order valence-corrected chi connectivity index (χ2v) is 10.2. The van der Waals surface area contributed by atoms with Crippen LogP contribution in [0.2, 0.25) is 0 Å². The van der Waals surface area contributed by atoms with Crippen molar-refractivity contribution in [2.45, 2.75) is 39.3 Å². The molecule has 168 valence electrons. The number of fused-ring (bicyclic) bond motifs is 2. The van der Waals surface area contributed by atoms with Crippen molar-refractivity contribution in [3.63, 3.8) is 0 Å². The Morgan fingerprint density at radius 3 is 2.78 bits per heavy atom. The smallest absolute Gasteiger partial charge is 0.276 e. The topological polar surface area (TPSA) is 66.3 Å². The van der Waals surface area contributed by atoms with Gasteiger partial charge in [0.05, 0.1) is 16.4 Å². The molecule has 0 saturated heterocycles. The van der Waals surface area contributed by atoms with E-state index in [1.54, 1.807) is 16.8 Å². The molecule has 6 nitrogen and oxygen atoms in total. The number of nitrogens with zero attached hydrogens (tertiary/aromatic N) is 3. The van der Waals surface area contributed by atoms with Gasteiger partial charge in [-0.1, -0.05) is 65.7 Å². The van der Waals surface area contributed by atoms with Crippen LogP contribution in [0.4, 0.5) is 0 Å². The summed E-state index contributed by atoms with van der Waals surface area (Å²) in [5.41, 5.74) is 1.32. The fraction of sp³-hybridized carbons (Fsp3) is 0.348. The first-order valence-electron chi connectivity index (χ1n) is 10.6. The van der Waals surface area contributed by atoms with Gasteiger partial charge in [-0.25, -0.2) is 5.01 Å². The average molecular weight is 580 g/mol. The van der Waals surface area contributed by atoms with Crippen LogP contribution in [0.15, 0.2) is 55.4 Å². The highest BCUT2D eigenvalue weighted by Crippen LogP contribution is 2.41. The summed E-state index contributed by atoms with van der Waals surface area (Å²) < 4.78 is 7.68. The predicted octanol–water partition coefficient (Wildman–Crippen LogP) is 4.68. The molecular formula is C23H24Br2N4O2S. The van der Waals surface area contributed by atoms with Gasteiger partial charge in [0, 0.05) is 21.0 Å². The van der Waals surface area contributed by atoms with Crippen LogP contribution in [0.25, 0.3) is 5.70 Å². The number of rotatable bonds is 7. The molecule has 9 heteroatoms. The van der Waals surface area contributed by atoms with Gasteiger partial charge in [-0.2, -0.15) is 0 Å². The molecule has 0 aliphatic carbocycles. The van der Waals surface area contributed by atoms with Crippen LogP contribution >= 0.6 is 43.6 Å². The first-order valence-corrected chi connectivity index (χ1v) is 13.2. The summed E-state index contributed by atoms with van der Waals surface area (Å²) in [7, 11) is 0. The lowest BCUT2D eigenvalue weighted by molar-refractivity contribution is -0.116. The van der Waals surface area contributed by atoms with Crippen LogP contribution in [0, 0.1) is 0 Å². The number of amidine groups is 1. The molecule has 4 rings (SSSR count). The molecule has 2 aromatic rings. The number of amides is 1. The Kier molecular flexibility index (Phi) is 7.58. The van der Waals surface area contributed by atoms with Crippen LogP contribution < -0.4 is 20.6 Å². The van der Waals surface area contributed by atoms with Crippen LogP contribution in [-0.4, -0.2) is 28.4 Å². The summed E-state index contributed by atoms with van der Waals surface area (Å²) in [5.74, 6) is 1.43. The van der Waals surface area contributed by atoms with Gasteiger partial charge in [-0.3, -0.25) is 15.1 Å². The maximum atomic E-state index is 13.2. The van der Waals surface area contributed by atoms with E-state index in [9.17, 15) is 4.79 Å². The molecule has 0 bridgehead atoms. The van der Waals surface area contributed by atoms with E-state index in [0.29, 0.717) is 23.2 Å². The molecule has 1 N–H and O–H groups in total. The number of hydrogen-bond acceptors (Lipinski definition) is 6. The lowest BCUT2D eigenvalue weighted by atomic mass is 10.1. The number of carbonyl (C=O) groups is 1.